The molecule has 2 rings (SSSR count). The van der Waals surface area contributed by atoms with E-state index in [-0.39, 0.29) is 25.7 Å². The molecule has 1 atom stereocenters. The molecule has 22 heavy (non-hydrogen) atoms. The summed E-state index contributed by atoms with van der Waals surface area (Å²) in [5, 5.41) is 9.11. The number of nitrogens with zero attached hydrogens (tertiary/aromatic N) is 1. The van der Waals surface area contributed by atoms with Gasteiger partial charge in [-0.2, -0.15) is 0 Å². The van der Waals surface area contributed by atoms with Crippen LogP contribution in [0.1, 0.15) is 25.3 Å². The van der Waals surface area contributed by atoms with Gasteiger partial charge in [-0.1, -0.05) is 26.0 Å². The molecule has 120 valence electrons. The van der Waals surface area contributed by atoms with Crippen LogP contribution < -0.4 is 4.74 Å². The summed E-state index contributed by atoms with van der Waals surface area (Å²) in [6, 6.07) is 6.61. The molecule has 1 amide bonds. The maximum absolute atomic E-state index is 12.1. The number of carboxylic acid groups (broad SMARTS) is 1. The summed E-state index contributed by atoms with van der Waals surface area (Å²) in [5.74, 6) is -0.379. The molecule has 1 heterocycles. The number of hydrogen-bond acceptors (Lipinski definition) is 4. The van der Waals surface area contributed by atoms with E-state index in [1.807, 2.05) is 24.3 Å². The van der Waals surface area contributed by atoms with E-state index in [9.17, 15) is 9.59 Å². The summed E-state index contributed by atoms with van der Waals surface area (Å²) in [6.45, 7) is 4.66. The zero-order valence-electron chi connectivity index (χ0n) is 12.8. The number of morpholine rings is 1. The Morgan fingerprint density at radius 1 is 1.36 bits per heavy atom. The van der Waals surface area contributed by atoms with Gasteiger partial charge in [0.1, 0.15) is 5.75 Å². The van der Waals surface area contributed by atoms with Crippen LogP contribution in [-0.4, -0.2) is 54.3 Å². The van der Waals surface area contributed by atoms with Crippen molar-refractivity contribution < 1.29 is 24.2 Å². The van der Waals surface area contributed by atoms with Crippen LogP contribution in [0.4, 0.5) is 0 Å². The molecule has 1 aliphatic heterocycles. The number of aliphatic carboxylic acids is 1. The fourth-order valence-electron chi connectivity index (χ4n) is 2.28. The van der Waals surface area contributed by atoms with Crippen LogP contribution in [0.2, 0.25) is 0 Å². The number of rotatable bonds is 5. The first kappa shape index (κ1) is 16.3. The Morgan fingerprint density at radius 3 is 2.64 bits per heavy atom. The van der Waals surface area contributed by atoms with E-state index in [4.69, 9.17) is 14.6 Å². The number of benzene rings is 1. The third kappa shape index (κ3) is 3.98. The highest BCUT2D eigenvalue weighted by molar-refractivity contribution is 5.84. The Kier molecular flexibility index (Phi) is 5.38. The van der Waals surface area contributed by atoms with Crippen molar-refractivity contribution >= 4 is 11.9 Å². The van der Waals surface area contributed by atoms with Crippen LogP contribution in [-0.2, 0) is 14.3 Å². The Bertz CT molecular complexity index is 526. The Balaban J connectivity index is 1.92. The molecule has 1 fully saturated rings. The number of carbonyl (C=O) groups is 2. The van der Waals surface area contributed by atoms with E-state index in [0.717, 1.165) is 0 Å². The lowest BCUT2D eigenvalue weighted by molar-refractivity contribution is -0.159. The van der Waals surface area contributed by atoms with Crippen molar-refractivity contribution in [3.05, 3.63) is 29.8 Å². The third-order valence-corrected chi connectivity index (χ3v) is 3.64. The second-order valence-corrected chi connectivity index (χ2v) is 5.53. The maximum atomic E-state index is 12.1. The average Bonchev–Trinajstić information content (AvgIpc) is 2.53. The van der Waals surface area contributed by atoms with Gasteiger partial charge in [0, 0.05) is 6.54 Å². The summed E-state index contributed by atoms with van der Waals surface area (Å²) < 4.78 is 10.6. The summed E-state index contributed by atoms with van der Waals surface area (Å²) in [4.78, 5) is 24.6. The largest absolute Gasteiger partial charge is 0.484 e. The molecule has 0 aromatic heterocycles. The minimum Gasteiger partial charge on any atom is -0.484 e. The molecule has 1 unspecified atom stereocenters. The SMILES string of the molecule is CC(C)c1ccc(OCC(=O)N2CCOCC2C(=O)O)cc1. The van der Waals surface area contributed by atoms with E-state index in [1.54, 1.807) is 0 Å². The predicted octanol–water partition coefficient (Wildman–Crippen LogP) is 1.50. The first-order chi connectivity index (χ1) is 10.5. The average molecular weight is 307 g/mol. The molecular weight excluding hydrogens is 286 g/mol. The summed E-state index contributed by atoms with van der Waals surface area (Å²) in [6.07, 6.45) is 0. The highest BCUT2D eigenvalue weighted by atomic mass is 16.5. The fourth-order valence-corrected chi connectivity index (χ4v) is 2.28. The Hall–Kier alpha value is -2.08. The zero-order chi connectivity index (χ0) is 16.1. The van der Waals surface area contributed by atoms with E-state index in [2.05, 4.69) is 13.8 Å². The quantitative estimate of drug-likeness (QED) is 0.892. The molecule has 1 aromatic rings. The Morgan fingerprint density at radius 2 is 2.05 bits per heavy atom. The second-order valence-electron chi connectivity index (χ2n) is 5.53. The minimum absolute atomic E-state index is 0.0180. The van der Waals surface area contributed by atoms with Gasteiger partial charge in [-0.15, -0.1) is 0 Å². The van der Waals surface area contributed by atoms with Crippen molar-refractivity contribution in [1.29, 1.82) is 0 Å². The molecular formula is C16H21NO5. The van der Waals surface area contributed by atoms with Crippen molar-refractivity contribution in [3.8, 4) is 5.75 Å². The van der Waals surface area contributed by atoms with E-state index in [0.29, 0.717) is 18.3 Å². The van der Waals surface area contributed by atoms with Gasteiger partial charge in [-0.05, 0) is 23.6 Å². The van der Waals surface area contributed by atoms with Gasteiger partial charge < -0.3 is 19.5 Å². The van der Waals surface area contributed by atoms with Crippen molar-refractivity contribution in [3.63, 3.8) is 0 Å². The fraction of sp³-hybridized carbons (Fsp3) is 0.500. The van der Waals surface area contributed by atoms with Crippen molar-refractivity contribution in [2.45, 2.75) is 25.8 Å². The van der Waals surface area contributed by atoms with Gasteiger partial charge in [0.25, 0.3) is 5.91 Å². The standard InChI is InChI=1S/C16H21NO5/c1-11(2)12-3-5-13(6-4-12)22-10-15(18)17-7-8-21-9-14(17)16(19)20/h3-6,11,14H,7-10H2,1-2H3,(H,19,20). The molecule has 6 heteroatoms. The Labute approximate surface area is 129 Å². The number of carbonyl (C=O) groups excluding carboxylic acids is 1. The normalized spacial score (nSPS) is 18.3. The first-order valence-electron chi connectivity index (χ1n) is 7.32. The summed E-state index contributed by atoms with van der Waals surface area (Å²) >= 11 is 0. The highest BCUT2D eigenvalue weighted by Crippen LogP contribution is 2.18. The van der Waals surface area contributed by atoms with Gasteiger partial charge in [0.2, 0.25) is 0 Å². The molecule has 0 aliphatic carbocycles. The van der Waals surface area contributed by atoms with Gasteiger partial charge in [0.15, 0.2) is 12.6 Å². The molecule has 1 aliphatic rings. The van der Waals surface area contributed by atoms with Crippen molar-refractivity contribution in [2.24, 2.45) is 0 Å². The van der Waals surface area contributed by atoms with Crippen LogP contribution in [0, 0.1) is 0 Å². The van der Waals surface area contributed by atoms with Gasteiger partial charge in [0.05, 0.1) is 13.2 Å². The summed E-state index contributed by atoms with van der Waals surface area (Å²) in [7, 11) is 0. The molecule has 0 saturated carbocycles. The van der Waals surface area contributed by atoms with Crippen LogP contribution in [0.5, 0.6) is 5.75 Å². The number of hydrogen-bond donors (Lipinski definition) is 1. The van der Waals surface area contributed by atoms with E-state index < -0.39 is 12.0 Å². The molecule has 1 aromatic carbocycles. The topological polar surface area (TPSA) is 76.1 Å². The minimum atomic E-state index is -1.06. The van der Waals surface area contributed by atoms with Crippen molar-refractivity contribution in [2.75, 3.05) is 26.4 Å². The van der Waals surface area contributed by atoms with E-state index >= 15 is 0 Å². The lowest BCUT2D eigenvalue weighted by Crippen LogP contribution is -2.53. The van der Waals surface area contributed by atoms with Crippen LogP contribution in [0.3, 0.4) is 0 Å². The van der Waals surface area contributed by atoms with Crippen LogP contribution in [0.15, 0.2) is 24.3 Å². The van der Waals surface area contributed by atoms with Crippen molar-refractivity contribution in [1.82, 2.24) is 4.90 Å². The molecule has 1 N–H and O–H groups in total. The van der Waals surface area contributed by atoms with E-state index in [1.165, 1.54) is 10.5 Å². The lowest BCUT2D eigenvalue weighted by atomic mass is 10.0. The molecule has 6 nitrogen and oxygen atoms in total. The lowest BCUT2D eigenvalue weighted by Gasteiger charge is -2.32. The molecule has 0 radical (unpaired) electrons. The third-order valence-electron chi connectivity index (χ3n) is 3.64. The van der Waals surface area contributed by atoms with Gasteiger partial charge in [-0.3, -0.25) is 4.79 Å². The number of carboxylic acids is 1. The second kappa shape index (κ2) is 7.26. The monoisotopic (exact) mass is 307 g/mol. The van der Waals surface area contributed by atoms with Crippen LogP contribution in [0.25, 0.3) is 0 Å². The van der Waals surface area contributed by atoms with Gasteiger partial charge in [-0.25, -0.2) is 4.79 Å². The smallest absolute Gasteiger partial charge is 0.328 e. The molecule has 0 spiro atoms. The number of amides is 1. The highest BCUT2D eigenvalue weighted by Gasteiger charge is 2.32. The predicted molar refractivity (Wildman–Crippen MR) is 80.0 cm³/mol. The molecule has 0 bridgehead atoms. The van der Waals surface area contributed by atoms with Crippen LogP contribution >= 0.6 is 0 Å². The zero-order valence-corrected chi connectivity index (χ0v) is 12.8. The number of ether oxygens (including phenoxy) is 2. The molecule has 1 saturated heterocycles. The van der Waals surface area contributed by atoms with Gasteiger partial charge >= 0.3 is 5.97 Å². The first-order valence-corrected chi connectivity index (χ1v) is 7.32. The summed E-state index contributed by atoms with van der Waals surface area (Å²) in [5.41, 5.74) is 1.19. The maximum Gasteiger partial charge on any atom is 0.328 e.